The van der Waals surface area contributed by atoms with Gasteiger partial charge >= 0.3 is 5.97 Å². The molecule has 0 amide bonds. The van der Waals surface area contributed by atoms with Crippen molar-refractivity contribution < 1.29 is 81.7 Å². The number of aliphatic hydroxyl groups is 2. The summed E-state index contributed by atoms with van der Waals surface area (Å²) in [4.78, 5) is 12.6. The molecule has 0 aromatic rings. The minimum Gasteiger partial charge on any atom is -0.481 e. The molecule has 0 saturated carbocycles. The molecule has 382 valence electrons. The molecule has 0 aromatic carbocycles. The van der Waals surface area contributed by atoms with E-state index in [-0.39, 0.29) is 85.0 Å². The number of carboxylic acid groups (broad SMARTS) is 1. The van der Waals surface area contributed by atoms with Crippen LogP contribution in [0.1, 0.15) is 121 Å². The van der Waals surface area contributed by atoms with Crippen molar-refractivity contribution in [2.45, 2.75) is 235 Å². The van der Waals surface area contributed by atoms with Gasteiger partial charge in [0, 0.05) is 84.4 Å². The van der Waals surface area contributed by atoms with E-state index in [0.717, 1.165) is 19.3 Å². The van der Waals surface area contributed by atoms with Crippen LogP contribution < -0.4 is 0 Å². The van der Waals surface area contributed by atoms with Crippen molar-refractivity contribution in [1.29, 1.82) is 0 Å². The summed E-state index contributed by atoms with van der Waals surface area (Å²) in [7, 11) is 8.28. The van der Waals surface area contributed by atoms with Gasteiger partial charge in [-0.05, 0) is 66.7 Å². The fraction of sp³-hybridized carbons (Fsp3) is 0.980. The van der Waals surface area contributed by atoms with Gasteiger partial charge < -0.3 is 76.9 Å². The fourth-order valence-corrected chi connectivity index (χ4v) is 13.7. The van der Waals surface area contributed by atoms with Crippen molar-refractivity contribution >= 4 is 5.97 Å². The molecule has 0 radical (unpaired) electrons. The summed E-state index contributed by atoms with van der Waals surface area (Å²) in [5.41, 5.74) is -2.19. The highest BCUT2D eigenvalue weighted by Crippen LogP contribution is 2.57. The first-order valence-electron chi connectivity index (χ1n) is 24.7. The molecule has 66 heavy (non-hydrogen) atoms. The lowest BCUT2D eigenvalue weighted by Crippen LogP contribution is -2.71. The van der Waals surface area contributed by atoms with Crippen LogP contribution in [-0.2, 0) is 66.4 Å². The van der Waals surface area contributed by atoms with Crippen molar-refractivity contribution in [1.82, 2.24) is 0 Å². The van der Waals surface area contributed by atoms with Crippen molar-refractivity contribution in [2.24, 2.45) is 35.5 Å². The van der Waals surface area contributed by atoms with Gasteiger partial charge in [0.25, 0.3) is 0 Å². The lowest BCUT2D eigenvalue weighted by Gasteiger charge is -2.58. The van der Waals surface area contributed by atoms with Crippen molar-refractivity contribution in [2.75, 3.05) is 35.5 Å². The highest BCUT2D eigenvalue weighted by Gasteiger charge is 2.70. The molecule has 7 heterocycles. The first kappa shape index (κ1) is 52.7. The maximum absolute atomic E-state index is 12.6. The Morgan fingerprint density at radius 2 is 1.32 bits per heavy atom. The van der Waals surface area contributed by atoms with Crippen LogP contribution in [0.3, 0.4) is 0 Å². The van der Waals surface area contributed by atoms with E-state index in [9.17, 15) is 20.1 Å². The first-order chi connectivity index (χ1) is 31.0. The molecule has 7 fully saturated rings. The molecule has 0 bridgehead atoms. The maximum Gasteiger partial charge on any atom is 0.311 e. The molecule has 7 aliphatic rings. The summed E-state index contributed by atoms with van der Waals surface area (Å²) in [5, 5.41) is 33.7. The number of rotatable bonds is 14. The van der Waals surface area contributed by atoms with Gasteiger partial charge in [0.15, 0.2) is 23.7 Å². The number of hydrogen-bond donors (Lipinski definition) is 3. The fourth-order valence-electron chi connectivity index (χ4n) is 13.7. The number of carbonyl (C=O) groups is 1. The summed E-state index contributed by atoms with van der Waals surface area (Å²) in [6.07, 6.45) is -0.593. The van der Waals surface area contributed by atoms with Crippen LogP contribution in [0.5, 0.6) is 0 Å². The van der Waals surface area contributed by atoms with Crippen LogP contribution in [-0.4, -0.2) is 171 Å². The molecule has 3 N–H and O–H groups in total. The predicted molar refractivity (Wildman–Crippen MR) is 237 cm³/mol. The Balaban J connectivity index is 1.12. The second-order valence-corrected chi connectivity index (χ2v) is 21.5. The van der Waals surface area contributed by atoms with E-state index in [2.05, 4.69) is 27.7 Å². The van der Waals surface area contributed by atoms with E-state index in [1.54, 1.807) is 42.3 Å². The van der Waals surface area contributed by atoms with Crippen LogP contribution >= 0.6 is 0 Å². The minimum absolute atomic E-state index is 0.0173. The number of methoxy groups -OCH3 is 5. The number of hydrogen-bond acceptors (Lipinski definition) is 16. The normalized spacial score (nSPS) is 53.9. The van der Waals surface area contributed by atoms with Gasteiger partial charge in [-0.15, -0.1) is 0 Å². The van der Waals surface area contributed by atoms with Crippen LogP contribution in [0.25, 0.3) is 0 Å². The molecular weight excluding hydrogens is 861 g/mol. The number of ether oxygens (including phenoxy) is 13. The maximum atomic E-state index is 12.6. The van der Waals surface area contributed by atoms with Crippen molar-refractivity contribution in [3.8, 4) is 0 Å². The van der Waals surface area contributed by atoms with E-state index in [0.29, 0.717) is 25.7 Å². The standard InChI is InChI=1S/C49H84O17/c1-24-40(56-13)26(3)47(10,52)65-41(24)35-17-16-33(60-35)34-18-20-37(61-34)46(9)43(58-15)28(5)49(66-46)25(2)36(55-12)22-31(62-49)23-38-45(8,64-39-21-19-32(54-11)30(7)59-39)42(57-14)27(4)48(53,63-38)29(6)44(50)51/h24-43,52-53H,16-23H2,1-15H3,(H,50,51)/t24-,25+,26+,27-,28+,29-,30+,31-,32-,33+,34-,35+,36+,37+,38-,39-,40-,41-,42-,43+,45-,46+,47-,48-,49?/m0/s1. The van der Waals surface area contributed by atoms with Gasteiger partial charge in [-0.1, -0.05) is 34.6 Å². The summed E-state index contributed by atoms with van der Waals surface area (Å²) < 4.78 is 85.1. The molecular formula is C49H84O17. The zero-order chi connectivity index (χ0) is 48.5. The second kappa shape index (κ2) is 19.8. The average molecular weight is 945 g/mol. The summed E-state index contributed by atoms with van der Waals surface area (Å²) in [5.74, 6) is -8.75. The van der Waals surface area contributed by atoms with Gasteiger partial charge in [-0.2, -0.15) is 0 Å². The molecule has 17 nitrogen and oxygen atoms in total. The third kappa shape index (κ3) is 8.96. The quantitative estimate of drug-likeness (QED) is 0.205. The van der Waals surface area contributed by atoms with Crippen molar-refractivity contribution in [3.05, 3.63) is 0 Å². The van der Waals surface area contributed by atoms with Gasteiger partial charge in [-0.3, -0.25) is 4.79 Å². The molecule has 7 rings (SSSR count). The SMILES string of the molecule is CO[C@H]1[C@H](C)[C@@H]([C@H]2CC[C@H]([C@@H]3CC[C@H]([C@@]4(C)OC5(O[C@H](C[C@@H]6O[C@](O)([C@@H](C)C(=O)O)[C@@H](C)[C@H](OC)[C@@]6(C)O[C@H]6CC[C@H](OC)[C@@H](C)O6)C[C@@H](OC)[C@H]5C)[C@H](C)[C@H]4OC)O3)O2)O[C@](C)(O)[C@@H]1C. The number of carboxylic acids is 1. The number of aliphatic carboxylic acids is 1. The van der Waals surface area contributed by atoms with E-state index in [1.165, 1.54) is 14.0 Å². The van der Waals surface area contributed by atoms with Crippen LogP contribution in [0.15, 0.2) is 0 Å². The largest absolute Gasteiger partial charge is 0.481 e. The Labute approximate surface area is 392 Å². The van der Waals surface area contributed by atoms with Crippen molar-refractivity contribution in [3.63, 3.8) is 0 Å². The van der Waals surface area contributed by atoms with E-state index < -0.39 is 77.1 Å². The molecule has 1 spiro atoms. The van der Waals surface area contributed by atoms with E-state index in [1.807, 2.05) is 20.8 Å². The first-order valence-corrected chi connectivity index (χ1v) is 24.7. The Hall–Kier alpha value is -1.13. The third-order valence-corrected chi connectivity index (χ3v) is 17.8. The monoisotopic (exact) mass is 945 g/mol. The van der Waals surface area contributed by atoms with E-state index in [4.69, 9.17) is 61.6 Å². The molecule has 7 saturated heterocycles. The smallest absolute Gasteiger partial charge is 0.311 e. The van der Waals surface area contributed by atoms with Gasteiger partial charge in [0.05, 0.1) is 79.4 Å². The van der Waals surface area contributed by atoms with E-state index >= 15 is 0 Å². The topological polar surface area (TPSA) is 198 Å². The summed E-state index contributed by atoms with van der Waals surface area (Å²) in [6, 6.07) is 0. The molecule has 0 aromatic heterocycles. The molecule has 17 heteroatoms. The van der Waals surface area contributed by atoms with Gasteiger partial charge in [0.2, 0.25) is 0 Å². The highest BCUT2D eigenvalue weighted by molar-refractivity contribution is 5.70. The van der Waals surface area contributed by atoms with Crippen LogP contribution in [0, 0.1) is 35.5 Å². The lowest BCUT2D eigenvalue weighted by molar-refractivity contribution is -0.403. The second-order valence-electron chi connectivity index (χ2n) is 21.5. The Kier molecular flexibility index (Phi) is 15.8. The Morgan fingerprint density at radius 1 is 0.682 bits per heavy atom. The predicted octanol–water partition coefficient (Wildman–Crippen LogP) is 5.22. The van der Waals surface area contributed by atoms with Crippen LogP contribution in [0.4, 0.5) is 0 Å². The zero-order valence-electron chi connectivity index (χ0n) is 42.3. The Morgan fingerprint density at radius 3 is 1.92 bits per heavy atom. The molecule has 1 unspecified atom stereocenters. The van der Waals surface area contributed by atoms with Crippen LogP contribution in [0.2, 0.25) is 0 Å². The zero-order valence-corrected chi connectivity index (χ0v) is 42.3. The van der Waals surface area contributed by atoms with Gasteiger partial charge in [0.1, 0.15) is 17.1 Å². The highest BCUT2D eigenvalue weighted by atomic mass is 16.8. The summed E-state index contributed by atoms with van der Waals surface area (Å²) in [6.45, 7) is 19.0. The third-order valence-electron chi connectivity index (χ3n) is 17.8. The minimum atomic E-state index is -2.12. The molecule has 7 aliphatic heterocycles. The van der Waals surface area contributed by atoms with Gasteiger partial charge in [-0.25, -0.2) is 0 Å². The Bertz CT molecular complexity index is 1650. The summed E-state index contributed by atoms with van der Waals surface area (Å²) >= 11 is 0. The lowest BCUT2D eigenvalue weighted by atomic mass is 9.71. The molecule has 25 atom stereocenters. The average Bonchev–Trinajstić information content (AvgIpc) is 4.01. The molecule has 0 aliphatic carbocycles.